The molecule has 0 aromatic heterocycles. The van der Waals surface area contributed by atoms with Gasteiger partial charge in [-0.1, -0.05) is 19.9 Å². The van der Waals surface area contributed by atoms with Gasteiger partial charge in [-0.05, 0) is 24.1 Å². The fraction of sp³-hybridized carbons (Fsp3) is 0.385. The van der Waals surface area contributed by atoms with Crippen molar-refractivity contribution in [1.29, 1.82) is 0 Å². The zero-order chi connectivity index (χ0) is 16.2. The first-order valence-corrected chi connectivity index (χ1v) is 7.61. The van der Waals surface area contributed by atoms with Crippen molar-refractivity contribution >= 4 is 22.0 Å². The molecule has 0 bridgehead atoms. The molecule has 0 fully saturated rings. The molecule has 2 N–H and O–H groups in total. The van der Waals surface area contributed by atoms with Gasteiger partial charge < -0.3 is 9.84 Å². The lowest BCUT2D eigenvalue weighted by molar-refractivity contribution is -0.140. The second-order valence-corrected chi connectivity index (χ2v) is 6.41. The largest absolute Gasteiger partial charge is 0.480 e. The van der Waals surface area contributed by atoms with Crippen LogP contribution in [0.15, 0.2) is 29.2 Å². The van der Waals surface area contributed by atoms with Crippen LogP contribution in [0, 0.1) is 5.92 Å². The first-order chi connectivity index (χ1) is 9.69. The fourth-order valence-electron chi connectivity index (χ4n) is 1.61. The predicted molar refractivity (Wildman–Crippen MR) is 74.4 cm³/mol. The Balaban J connectivity index is 3.13. The van der Waals surface area contributed by atoms with Gasteiger partial charge in [-0.15, -0.1) is 0 Å². The number of carboxylic acid groups (broad SMARTS) is 1. The molecule has 7 nitrogen and oxygen atoms in total. The Kier molecular flexibility index (Phi) is 5.45. The van der Waals surface area contributed by atoms with E-state index in [2.05, 4.69) is 9.46 Å². The van der Waals surface area contributed by atoms with E-state index in [1.807, 2.05) is 0 Å². The number of hydrogen-bond donors (Lipinski definition) is 2. The number of aliphatic carboxylic acids is 1. The molecule has 1 aromatic carbocycles. The first-order valence-electron chi connectivity index (χ1n) is 6.12. The number of ether oxygens (including phenoxy) is 1. The molecule has 0 saturated heterocycles. The number of esters is 1. The van der Waals surface area contributed by atoms with Crippen molar-refractivity contribution in [3.63, 3.8) is 0 Å². The molecule has 0 saturated carbocycles. The Morgan fingerprint density at radius 2 is 1.90 bits per heavy atom. The lowest BCUT2D eigenvalue weighted by Gasteiger charge is -2.18. The number of rotatable bonds is 6. The molecule has 1 aromatic rings. The van der Waals surface area contributed by atoms with E-state index < -0.39 is 33.9 Å². The Morgan fingerprint density at radius 3 is 2.38 bits per heavy atom. The number of carbonyl (C=O) groups excluding carboxylic acids is 1. The Labute approximate surface area is 123 Å². The number of benzene rings is 1. The van der Waals surface area contributed by atoms with E-state index in [0.29, 0.717) is 0 Å². The Hall–Kier alpha value is -1.93. The van der Waals surface area contributed by atoms with Crippen LogP contribution in [-0.4, -0.2) is 38.6 Å². The molecule has 1 rings (SSSR count). The summed E-state index contributed by atoms with van der Waals surface area (Å²) in [7, 11) is -2.87. The molecule has 0 aliphatic rings. The van der Waals surface area contributed by atoms with Gasteiger partial charge >= 0.3 is 11.9 Å². The normalized spacial score (nSPS) is 13.0. The molecule has 0 aliphatic heterocycles. The van der Waals surface area contributed by atoms with Gasteiger partial charge in [0.2, 0.25) is 10.0 Å². The van der Waals surface area contributed by atoms with E-state index in [-0.39, 0.29) is 10.5 Å². The van der Waals surface area contributed by atoms with Gasteiger partial charge in [-0.2, -0.15) is 4.72 Å². The van der Waals surface area contributed by atoms with E-state index in [1.54, 1.807) is 13.8 Å². The number of hydrogen-bond acceptors (Lipinski definition) is 5. The highest BCUT2D eigenvalue weighted by atomic mass is 32.2. The van der Waals surface area contributed by atoms with Gasteiger partial charge in [0, 0.05) is 0 Å². The van der Waals surface area contributed by atoms with Crippen LogP contribution in [0.25, 0.3) is 0 Å². The van der Waals surface area contributed by atoms with Gasteiger partial charge in [0.25, 0.3) is 0 Å². The maximum absolute atomic E-state index is 12.2. The second kappa shape index (κ2) is 6.68. The summed E-state index contributed by atoms with van der Waals surface area (Å²) >= 11 is 0. The Bertz CT molecular complexity index is 638. The summed E-state index contributed by atoms with van der Waals surface area (Å²) in [6, 6.07) is 3.94. The third-order valence-electron chi connectivity index (χ3n) is 2.78. The van der Waals surface area contributed by atoms with E-state index in [1.165, 1.54) is 25.3 Å². The minimum absolute atomic E-state index is 0.0665. The van der Waals surface area contributed by atoms with Crippen LogP contribution >= 0.6 is 0 Å². The zero-order valence-electron chi connectivity index (χ0n) is 11.9. The van der Waals surface area contributed by atoms with Gasteiger partial charge in [0.05, 0.1) is 17.6 Å². The third-order valence-corrected chi connectivity index (χ3v) is 4.22. The predicted octanol–water partition coefficient (Wildman–Crippen LogP) is 0.861. The quantitative estimate of drug-likeness (QED) is 0.753. The molecule has 0 spiro atoms. The minimum atomic E-state index is -4.05. The summed E-state index contributed by atoms with van der Waals surface area (Å²) in [6.45, 7) is 3.18. The van der Waals surface area contributed by atoms with Crippen molar-refractivity contribution in [2.45, 2.75) is 24.8 Å². The highest BCUT2D eigenvalue weighted by molar-refractivity contribution is 7.89. The molecule has 116 valence electrons. The molecule has 0 heterocycles. The molecule has 21 heavy (non-hydrogen) atoms. The summed E-state index contributed by atoms with van der Waals surface area (Å²) < 4.78 is 31.0. The second-order valence-electron chi connectivity index (χ2n) is 4.70. The van der Waals surface area contributed by atoms with Crippen molar-refractivity contribution in [3.05, 3.63) is 29.8 Å². The summed E-state index contributed by atoms with van der Waals surface area (Å²) in [4.78, 5) is 22.3. The smallest absolute Gasteiger partial charge is 0.337 e. The van der Waals surface area contributed by atoms with Crippen LogP contribution in [0.2, 0.25) is 0 Å². The van der Waals surface area contributed by atoms with E-state index >= 15 is 0 Å². The summed E-state index contributed by atoms with van der Waals surface area (Å²) in [5.41, 5.74) is 0.0665. The van der Waals surface area contributed by atoms with Gasteiger partial charge in [0.15, 0.2) is 0 Å². The molecule has 0 radical (unpaired) electrons. The highest BCUT2D eigenvalue weighted by Gasteiger charge is 2.28. The van der Waals surface area contributed by atoms with Crippen LogP contribution in [0.4, 0.5) is 0 Å². The number of nitrogens with one attached hydrogen (secondary N) is 1. The maximum Gasteiger partial charge on any atom is 0.337 e. The van der Waals surface area contributed by atoms with E-state index in [4.69, 9.17) is 5.11 Å². The van der Waals surface area contributed by atoms with Crippen LogP contribution < -0.4 is 4.72 Å². The monoisotopic (exact) mass is 315 g/mol. The summed E-state index contributed by atoms with van der Waals surface area (Å²) in [5.74, 6) is -2.37. The van der Waals surface area contributed by atoms with Crippen LogP contribution in [-0.2, 0) is 19.6 Å². The summed E-state index contributed by atoms with van der Waals surface area (Å²) in [5, 5.41) is 9.03. The fourth-order valence-corrected chi connectivity index (χ4v) is 3.00. The molecule has 0 aliphatic carbocycles. The van der Waals surface area contributed by atoms with Crippen molar-refractivity contribution in [3.8, 4) is 0 Å². The standard InChI is InChI=1S/C13H17NO6S/c1-8(2)11(12(15)16)14-21(18,19)10-6-4-5-9(7-10)13(17)20-3/h4-8,11,14H,1-3H3,(H,15,16). The Morgan fingerprint density at radius 1 is 1.29 bits per heavy atom. The van der Waals surface area contributed by atoms with Crippen molar-refractivity contribution < 1.29 is 27.9 Å². The lowest BCUT2D eigenvalue weighted by Crippen LogP contribution is -2.44. The topological polar surface area (TPSA) is 110 Å². The first kappa shape index (κ1) is 17.1. The van der Waals surface area contributed by atoms with Gasteiger partial charge in [-0.25, -0.2) is 13.2 Å². The summed E-state index contributed by atoms with van der Waals surface area (Å²) in [6.07, 6.45) is 0. The van der Waals surface area contributed by atoms with Crippen LogP contribution in [0.5, 0.6) is 0 Å². The van der Waals surface area contributed by atoms with Crippen molar-refractivity contribution in [2.24, 2.45) is 5.92 Å². The number of carboxylic acids is 1. The maximum atomic E-state index is 12.2. The number of methoxy groups -OCH3 is 1. The highest BCUT2D eigenvalue weighted by Crippen LogP contribution is 2.14. The van der Waals surface area contributed by atoms with Gasteiger partial charge in [-0.3, -0.25) is 4.79 Å². The SMILES string of the molecule is COC(=O)c1cccc(S(=O)(=O)NC(C(=O)O)C(C)C)c1. The molecular formula is C13H17NO6S. The minimum Gasteiger partial charge on any atom is -0.480 e. The molecule has 0 amide bonds. The molecule has 8 heteroatoms. The third kappa shape index (κ3) is 4.27. The van der Waals surface area contributed by atoms with Crippen LogP contribution in [0.1, 0.15) is 24.2 Å². The van der Waals surface area contributed by atoms with E-state index in [9.17, 15) is 18.0 Å². The van der Waals surface area contributed by atoms with E-state index in [0.717, 1.165) is 6.07 Å². The van der Waals surface area contributed by atoms with Gasteiger partial charge in [0.1, 0.15) is 6.04 Å². The molecule has 1 atom stereocenters. The molecular weight excluding hydrogens is 298 g/mol. The van der Waals surface area contributed by atoms with Crippen molar-refractivity contribution in [2.75, 3.05) is 7.11 Å². The number of carbonyl (C=O) groups is 2. The average Bonchev–Trinajstić information content (AvgIpc) is 2.43. The average molecular weight is 315 g/mol. The van der Waals surface area contributed by atoms with Crippen LogP contribution in [0.3, 0.4) is 0 Å². The van der Waals surface area contributed by atoms with Crippen molar-refractivity contribution in [1.82, 2.24) is 4.72 Å². The zero-order valence-corrected chi connectivity index (χ0v) is 12.7. The molecule has 1 unspecified atom stereocenters. The lowest BCUT2D eigenvalue weighted by atomic mass is 10.1. The number of sulfonamides is 1.